The number of nitro groups is 1. The zero-order valence-electron chi connectivity index (χ0n) is 18.9. The number of nitro benzene ring substituents is 1. The van der Waals surface area contributed by atoms with E-state index in [-0.39, 0.29) is 23.6 Å². The van der Waals surface area contributed by atoms with E-state index in [1.165, 1.54) is 23.9 Å². The number of carbonyl (C=O) groups is 1. The third-order valence-electron chi connectivity index (χ3n) is 5.08. The minimum absolute atomic E-state index is 0.0602. The van der Waals surface area contributed by atoms with Crippen LogP contribution in [0.5, 0.6) is 0 Å². The van der Waals surface area contributed by atoms with E-state index in [1.807, 2.05) is 43.5 Å². The van der Waals surface area contributed by atoms with Crippen molar-refractivity contribution in [3.63, 3.8) is 0 Å². The maximum atomic E-state index is 12.9. The average molecular weight is 466 g/mol. The van der Waals surface area contributed by atoms with Gasteiger partial charge in [0.15, 0.2) is 11.0 Å². The van der Waals surface area contributed by atoms with Crippen molar-refractivity contribution in [2.45, 2.75) is 44.3 Å². The average Bonchev–Trinajstić information content (AvgIpc) is 3.18. The van der Waals surface area contributed by atoms with E-state index in [9.17, 15) is 14.9 Å². The van der Waals surface area contributed by atoms with E-state index in [4.69, 9.17) is 0 Å². The molecule has 0 saturated carbocycles. The summed E-state index contributed by atoms with van der Waals surface area (Å²) in [4.78, 5) is 23.3. The quantitative estimate of drug-likeness (QED) is 0.193. The Bertz CT molecular complexity index is 1140. The first-order valence-electron chi connectivity index (χ1n) is 10.6. The van der Waals surface area contributed by atoms with Crippen LogP contribution in [0.25, 0.3) is 0 Å². The van der Waals surface area contributed by atoms with Crippen LogP contribution in [0.4, 0.5) is 5.69 Å². The smallest absolute Gasteiger partial charge is 0.269 e. The van der Waals surface area contributed by atoms with E-state index >= 15 is 0 Å². The Morgan fingerprint density at radius 3 is 2.58 bits per heavy atom. The van der Waals surface area contributed by atoms with Crippen molar-refractivity contribution in [3.8, 4) is 0 Å². The van der Waals surface area contributed by atoms with Gasteiger partial charge in [0.2, 0.25) is 0 Å². The molecule has 33 heavy (non-hydrogen) atoms. The highest BCUT2D eigenvalue weighted by Gasteiger charge is 2.26. The molecule has 0 radical (unpaired) electrons. The van der Waals surface area contributed by atoms with Crippen molar-refractivity contribution in [3.05, 3.63) is 93.8 Å². The molecule has 1 aromatic heterocycles. The molecule has 0 aliphatic heterocycles. The summed E-state index contributed by atoms with van der Waals surface area (Å²) < 4.78 is 1.95. The summed E-state index contributed by atoms with van der Waals surface area (Å²) in [6.07, 6.45) is 1.77. The first kappa shape index (κ1) is 24.2. The summed E-state index contributed by atoms with van der Waals surface area (Å²) >= 11 is 1.48. The van der Waals surface area contributed by atoms with Crippen molar-refractivity contribution in [1.29, 1.82) is 0 Å². The van der Waals surface area contributed by atoms with Gasteiger partial charge in [-0.25, -0.2) is 0 Å². The molecule has 8 nitrogen and oxygen atoms in total. The molecule has 0 bridgehead atoms. The molecule has 9 heteroatoms. The zero-order chi connectivity index (χ0) is 24.0. The topological polar surface area (TPSA) is 103 Å². The van der Waals surface area contributed by atoms with Gasteiger partial charge in [0.05, 0.1) is 11.0 Å². The van der Waals surface area contributed by atoms with Crippen LogP contribution >= 0.6 is 11.8 Å². The number of hydrogen-bond donors (Lipinski definition) is 1. The first-order chi connectivity index (χ1) is 15.8. The van der Waals surface area contributed by atoms with Crippen LogP contribution in [0.3, 0.4) is 0 Å². The summed E-state index contributed by atoms with van der Waals surface area (Å²) in [5, 5.41) is 23.4. The summed E-state index contributed by atoms with van der Waals surface area (Å²) in [5.41, 5.74) is 2.62. The molecule has 1 N–H and O–H groups in total. The highest BCUT2D eigenvalue weighted by molar-refractivity contribution is 7.98. The van der Waals surface area contributed by atoms with Gasteiger partial charge < -0.3 is 9.88 Å². The molecule has 1 unspecified atom stereocenters. The lowest BCUT2D eigenvalue weighted by molar-refractivity contribution is -0.384. The zero-order valence-corrected chi connectivity index (χ0v) is 19.7. The highest BCUT2D eigenvalue weighted by atomic mass is 32.2. The predicted molar refractivity (Wildman–Crippen MR) is 129 cm³/mol. The minimum Gasteiger partial charge on any atom is -0.342 e. The summed E-state index contributed by atoms with van der Waals surface area (Å²) in [6, 6.07) is 13.6. The Balaban J connectivity index is 1.81. The van der Waals surface area contributed by atoms with Gasteiger partial charge >= 0.3 is 0 Å². The van der Waals surface area contributed by atoms with Crippen LogP contribution in [-0.2, 0) is 12.3 Å². The molecule has 0 fully saturated rings. The summed E-state index contributed by atoms with van der Waals surface area (Å²) in [5.74, 6) is 1.16. The molecule has 172 valence electrons. The third kappa shape index (κ3) is 6.07. The number of rotatable bonds is 10. The van der Waals surface area contributed by atoms with Crippen molar-refractivity contribution in [1.82, 2.24) is 20.1 Å². The molecule has 0 spiro atoms. The number of nitrogens with zero attached hydrogens (tertiary/aromatic N) is 4. The Kier molecular flexibility index (Phi) is 8.00. The van der Waals surface area contributed by atoms with E-state index in [0.717, 1.165) is 11.1 Å². The lowest BCUT2D eigenvalue weighted by Crippen LogP contribution is -2.33. The van der Waals surface area contributed by atoms with Gasteiger partial charge in [-0.2, -0.15) is 0 Å². The van der Waals surface area contributed by atoms with Gasteiger partial charge in [-0.05, 0) is 30.5 Å². The van der Waals surface area contributed by atoms with Crippen LogP contribution < -0.4 is 5.32 Å². The standard InChI is InChI=1S/C24H27N5O3S/c1-5-13-28-22(21(16(2)3)25-23(30)19-8-6-7-17(4)14-19)26-27-24(28)33-15-18-9-11-20(12-10-18)29(31)32/h5-12,14,16,21H,1,13,15H2,2-4H3,(H,25,30). The van der Waals surface area contributed by atoms with E-state index in [2.05, 4.69) is 22.1 Å². The molecule has 0 saturated heterocycles. The molecule has 0 aliphatic carbocycles. The first-order valence-corrected chi connectivity index (χ1v) is 11.6. The monoisotopic (exact) mass is 465 g/mol. The summed E-state index contributed by atoms with van der Waals surface area (Å²) in [6.45, 7) is 10.3. The number of nitrogens with one attached hydrogen (secondary N) is 1. The second-order valence-corrected chi connectivity index (χ2v) is 8.96. The molecule has 1 atom stereocenters. The van der Waals surface area contributed by atoms with E-state index in [1.54, 1.807) is 24.3 Å². The van der Waals surface area contributed by atoms with Gasteiger partial charge in [-0.15, -0.1) is 16.8 Å². The number of thioether (sulfide) groups is 1. The number of allylic oxidation sites excluding steroid dienone is 1. The van der Waals surface area contributed by atoms with Gasteiger partial charge in [-0.3, -0.25) is 14.9 Å². The number of hydrogen-bond acceptors (Lipinski definition) is 6. The van der Waals surface area contributed by atoms with Crippen LogP contribution in [-0.4, -0.2) is 25.6 Å². The van der Waals surface area contributed by atoms with Gasteiger partial charge in [0.25, 0.3) is 11.6 Å². The van der Waals surface area contributed by atoms with Gasteiger partial charge in [0, 0.05) is 30.0 Å². The van der Waals surface area contributed by atoms with Gasteiger partial charge in [0.1, 0.15) is 0 Å². The molecule has 3 rings (SSSR count). The Morgan fingerprint density at radius 2 is 1.97 bits per heavy atom. The fourth-order valence-corrected chi connectivity index (χ4v) is 4.25. The van der Waals surface area contributed by atoms with Crippen LogP contribution in [0, 0.1) is 23.0 Å². The third-order valence-corrected chi connectivity index (χ3v) is 6.12. The second-order valence-electron chi connectivity index (χ2n) is 8.02. The molecule has 1 amide bonds. The van der Waals surface area contributed by atoms with Gasteiger partial charge in [-0.1, -0.05) is 61.5 Å². The van der Waals surface area contributed by atoms with Crippen molar-refractivity contribution >= 4 is 23.4 Å². The number of amides is 1. The molecular formula is C24H27N5O3S. The van der Waals surface area contributed by atoms with Crippen molar-refractivity contribution in [2.75, 3.05) is 0 Å². The maximum absolute atomic E-state index is 12.9. The van der Waals surface area contributed by atoms with Crippen molar-refractivity contribution in [2.24, 2.45) is 5.92 Å². The number of aryl methyl sites for hydroxylation is 1. The Labute approximate surface area is 197 Å². The minimum atomic E-state index is -0.416. The van der Waals surface area contributed by atoms with E-state index in [0.29, 0.717) is 28.8 Å². The highest BCUT2D eigenvalue weighted by Crippen LogP contribution is 2.28. The normalized spacial score (nSPS) is 11.9. The Hall–Kier alpha value is -3.46. The Morgan fingerprint density at radius 1 is 1.24 bits per heavy atom. The van der Waals surface area contributed by atoms with Crippen LogP contribution in [0.1, 0.15) is 47.2 Å². The molecule has 0 aliphatic rings. The summed E-state index contributed by atoms with van der Waals surface area (Å²) in [7, 11) is 0. The molecule has 1 heterocycles. The largest absolute Gasteiger partial charge is 0.342 e. The lowest BCUT2D eigenvalue weighted by atomic mass is 10.0. The number of aromatic nitrogens is 3. The molecule has 2 aromatic carbocycles. The predicted octanol–water partition coefficient (Wildman–Crippen LogP) is 5.10. The van der Waals surface area contributed by atoms with Crippen molar-refractivity contribution < 1.29 is 9.72 Å². The van der Waals surface area contributed by atoms with Crippen LogP contribution in [0.2, 0.25) is 0 Å². The number of benzene rings is 2. The molecule has 3 aromatic rings. The lowest BCUT2D eigenvalue weighted by Gasteiger charge is -2.22. The SMILES string of the molecule is C=CCn1c(SCc2ccc([N+](=O)[O-])cc2)nnc1C(NC(=O)c1cccc(C)c1)C(C)C. The van der Waals surface area contributed by atoms with E-state index < -0.39 is 4.92 Å². The molecular weight excluding hydrogens is 438 g/mol. The van der Waals surface area contributed by atoms with Crippen LogP contribution in [0.15, 0.2) is 66.3 Å². The maximum Gasteiger partial charge on any atom is 0.269 e. The number of carbonyl (C=O) groups excluding carboxylic acids is 1. The number of non-ortho nitro benzene ring substituents is 1. The fraction of sp³-hybridized carbons (Fsp3) is 0.292. The second kappa shape index (κ2) is 10.9. The fourth-order valence-electron chi connectivity index (χ4n) is 3.34.